The molecule has 0 N–H and O–H groups in total. The first-order valence-corrected chi connectivity index (χ1v) is 4.56. The van der Waals surface area contributed by atoms with Gasteiger partial charge in [-0.1, -0.05) is 0 Å². The van der Waals surface area contributed by atoms with Gasteiger partial charge in [-0.25, -0.2) is 8.78 Å². The molecule has 82 valence electrons. The van der Waals surface area contributed by atoms with E-state index in [4.69, 9.17) is 0 Å². The van der Waals surface area contributed by atoms with Crippen LogP contribution in [-0.4, -0.2) is 15.6 Å². The second-order valence-electron chi connectivity index (χ2n) is 3.39. The molecule has 0 unspecified atom stereocenters. The summed E-state index contributed by atoms with van der Waals surface area (Å²) in [5, 5.41) is 3.82. The third-order valence-electron chi connectivity index (χ3n) is 2.09. The average molecular weight is 222 g/mol. The lowest BCUT2D eigenvalue weighted by Gasteiger charge is -1.98. The van der Waals surface area contributed by atoms with Gasteiger partial charge in [0, 0.05) is 24.9 Å². The Kier molecular flexibility index (Phi) is 2.52. The molecule has 1 aromatic heterocycles. The fourth-order valence-corrected chi connectivity index (χ4v) is 1.39. The third-order valence-corrected chi connectivity index (χ3v) is 2.09. The number of halogens is 2. The van der Waals surface area contributed by atoms with Crippen molar-refractivity contribution in [3.05, 3.63) is 53.4 Å². The van der Waals surface area contributed by atoms with Crippen molar-refractivity contribution in [2.75, 3.05) is 0 Å². The van der Waals surface area contributed by atoms with Gasteiger partial charge in [0.2, 0.25) is 0 Å². The number of nitrogens with zero attached hydrogens (tertiary/aromatic N) is 2. The van der Waals surface area contributed by atoms with Crippen LogP contribution < -0.4 is 0 Å². The highest BCUT2D eigenvalue weighted by Gasteiger charge is 2.13. The van der Waals surface area contributed by atoms with Crippen molar-refractivity contribution in [2.45, 2.75) is 0 Å². The molecule has 2 aromatic rings. The third kappa shape index (κ3) is 1.98. The number of ketones is 1. The van der Waals surface area contributed by atoms with E-state index in [1.54, 1.807) is 7.05 Å². The summed E-state index contributed by atoms with van der Waals surface area (Å²) in [5.41, 5.74) is 0.276. The zero-order valence-electron chi connectivity index (χ0n) is 8.45. The number of carbonyl (C=O) groups excluding carboxylic acids is 1. The highest BCUT2D eigenvalue weighted by Crippen LogP contribution is 2.12. The molecule has 0 saturated carbocycles. The van der Waals surface area contributed by atoms with Crippen LogP contribution in [0.2, 0.25) is 0 Å². The van der Waals surface area contributed by atoms with Gasteiger partial charge in [-0.3, -0.25) is 9.48 Å². The SMILES string of the molecule is Cn1cc(C(=O)c2cc(F)cc(F)c2)cn1. The van der Waals surface area contributed by atoms with Gasteiger partial charge in [-0.05, 0) is 12.1 Å². The van der Waals surface area contributed by atoms with Gasteiger partial charge in [-0.15, -0.1) is 0 Å². The lowest BCUT2D eigenvalue weighted by atomic mass is 10.1. The molecule has 0 aliphatic heterocycles. The fraction of sp³-hybridized carbons (Fsp3) is 0.0909. The standard InChI is InChI=1S/C11H8F2N2O/c1-15-6-8(5-14-15)11(16)7-2-9(12)4-10(13)3-7/h2-6H,1H3. The summed E-state index contributed by atoms with van der Waals surface area (Å²) in [7, 11) is 1.66. The number of hydrogen-bond acceptors (Lipinski definition) is 2. The van der Waals surface area contributed by atoms with Crippen molar-refractivity contribution in [3.63, 3.8) is 0 Å². The highest BCUT2D eigenvalue weighted by atomic mass is 19.1. The Balaban J connectivity index is 2.41. The Morgan fingerprint density at radius 3 is 2.31 bits per heavy atom. The van der Waals surface area contributed by atoms with Crippen molar-refractivity contribution in [3.8, 4) is 0 Å². The predicted molar refractivity (Wildman–Crippen MR) is 53.0 cm³/mol. The maximum Gasteiger partial charge on any atom is 0.196 e. The van der Waals surface area contributed by atoms with Gasteiger partial charge in [0.15, 0.2) is 5.78 Å². The molecule has 0 fully saturated rings. The van der Waals surface area contributed by atoms with Crippen molar-refractivity contribution >= 4 is 5.78 Å². The van der Waals surface area contributed by atoms with E-state index in [2.05, 4.69) is 5.10 Å². The molecule has 5 heteroatoms. The summed E-state index contributed by atoms with van der Waals surface area (Å²) in [6.45, 7) is 0. The van der Waals surface area contributed by atoms with Gasteiger partial charge in [0.05, 0.1) is 11.8 Å². The highest BCUT2D eigenvalue weighted by molar-refractivity contribution is 6.08. The van der Waals surface area contributed by atoms with Crippen LogP contribution >= 0.6 is 0 Å². The smallest absolute Gasteiger partial charge is 0.196 e. The van der Waals surface area contributed by atoms with E-state index in [1.165, 1.54) is 17.1 Å². The second kappa shape index (κ2) is 3.84. The van der Waals surface area contributed by atoms with Crippen LogP contribution in [0.25, 0.3) is 0 Å². The molecular formula is C11H8F2N2O. The molecule has 1 aromatic carbocycles. The molecule has 2 rings (SSSR count). The number of aromatic nitrogens is 2. The number of hydrogen-bond donors (Lipinski definition) is 0. The van der Waals surface area contributed by atoms with Crippen LogP contribution in [-0.2, 0) is 7.05 Å². The van der Waals surface area contributed by atoms with Gasteiger partial charge in [0.1, 0.15) is 11.6 Å². The topological polar surface area (TPSA) is 34.9 Å². The summed E-state index contributed by atoms with van der Waals surface area (Å²) < 4.78 is 27.2. The first-order chi connectivity index (χ1) is 7.56. The Morgan fingerprint density at radius 2 is 1.81 bits per heavy atom. The van der Waals surface area contributed by atoms with E-state index in [1.807, 2.05) is 0 Å². The number of benzene rings is 1. The predicted octanol–water partition coefficient (Wildman–Crippen LogP) is 1.93. The second-order valence-corrected chi connectivity index (χ2v) is 3.39. The molecule has 0 aliphatic carbocycles. The summed E-state index contributed by atoms with van der Waals surface area (Å²) in [4.78, 5) is 11.8. The first-order valence-electron chi connectivity index (χ1n) is 4.56. The van der Waals surface area contributed by atoms with E-state index in [0.29, 0.717) is 5.56 Å². The number of carbonyl (C=O) groups is 1. The van der Waals surface area contributed by atoms with Crippen molar-refractivity contribution in [1.82, 2.24) is 9.78 Å². The quantitative estimate of drug-likeness (QED) is 0.728. The minimum absolute atomic E-state index is 0.0227. The normalized spacial score (nSPS) is 10.4. The molecular weight excluding hydrogens is 214 g/mol. The molecule has 0 aliphatic rings. The zero-order valence-corrected chi connectivity index (χ0v) is 8.45. The van der Waals surface area contributed by atoms with Crippen LogP contribution in [0.15, 0.2) is 30.6 Å². The summed E-state index contributed by atoms with van der Waals surface area (Å²) in [5.74, 6) is -1.99. The van der Waals surface area contributed by atoms with Crippen LogP contribution in [0, 0.1) is 11.6 Å². The molecule has 1 heterocycles. The van der Waals surface area contributed by atoms with Crippen molar-refractivity contribution in [1.29, 1.82) is 0 Å². The fourth-order valence-electron chi connectivity index (χ4n) is 1.39. The number of rotatable bonds is 2. The minimum atomic E-state index is -0.771. The van der Waals surface area contributed by atoms with Gasteiger partial charge < -0.3 is 0 Å². The summed E-state index contributed by atoms with van der Waals surface area (Å²) in [6.07, 6.45) is 2.84. The molecule has 16 heavy (non-hydrogen) atoms. The minimum Gasteiger partial charge on any atom is -0.288 e. The van der Waals surface area contributed by atoms with E-state index >= 15 is 0 Å². The van der Waals surface area contributed by atoms with E-state index in [-0.39, 0.29) is 5.56 Å². The molecule has 0 spiro atoms. The molecule has 0 amide bonds. The Bertz CT molecular complexity index is 528. The van der Waals surface area contributed by atoms with E-state index < -0.39 is 17.4 Å². The van der Waals surface area contributed by atoms with E-state index in [9.17, 15) is 13.6 Å². The average Bonchev–Trinajstić information content (AvgIpc) is 2.62. The Labute approximate surface area is 90.3 Å². The van der Waals surface area contributed by atoms with Crippen LogP contribution in [0.3, 0.4) is 0 Å². The molecule has 0 atom stereocenters. The van der Waals surface area contributed by atoms with Crippen LogP contribution in [0.1, 0.15) is 15.9 Å². The maximum atomic E-state index is 12.9. The largest absolute Gasteiger partial charge is 0.288 e. The van der Waals surface area contributed by atoms with Gasteiger partial charge in [0.25, 0.3) is 0 Å². The summed E-state index contributed by atoms with van der Waals surface area (Å²) in [6, 6.07) is 2.72. The Hall–Kier alpha value is -2.04. The zero-order chi connectivity index (χ0) is 11.7. The lowest BCUT2D eigenvalue weighted by molar-refractivity contribution is 0.103. The molecule has 0 bridgehead atoms. The van der Waals surface area contributed by atoms with Crippen molar-refractivity contribution < 1.29 is 13.6 Å². The maximum absolute atomic E-state index is 12.9. The van der Waals surface area contributed by atoms with E-state index in [0.717, 1.165) is 18.2 Å². The van der Waals surface area contributed by atoms with Crippen LogP contribution in [0.5, 0.6) is 0 Å². The van der Waals surface area contributed by atoms with Crippen molar-refractivity contribution in [2.24, 2.45) is 7.05 Å². The van der Waals surface area contributed by atoms with Gasteiger partial charge >= 0.3 is 0 Å². The number of aryl methyl sites for hydroxylation is 1. The van der Waals surface area contributed by atoms with Gasteiger partial charge in [-0.2, -0.15) is 5.10 Å². The molecule has 0 radical (unpaired) electrons. The summed E-state index contributed by atoms with van der Waals surface area (Å²) >= 11 is 0. The lowest BCUT2D eigenvalue weighted by Crippen LogP contribution is -2.01. The molecule has 0 saturated heterocycles. The molecule has 3 nitrogen and oxygen atoms in total. The Morgan fingerprint density at radius 1 is 1.19 bits per heavy atom. The van der Waals surface area contributed by atoms with Crippen LogP contribution in [0.4, 0.5) is 8.78 Å². The monoisotopic (exact) mass is 222 g/mol. The first kappa shape index (κ1) is 10.5.